The SMILES string of the molecule is COCCC(C)C(N)c1ccc(Br)cc1C. The molecule has 1 aromatic carbocycles. The van der Waals surface area contributed by atoms with Crippen LogP contribution in [0.4, 0.5) is 0 Å². The van der Waals surface area contributed by atoms with E-state index in [1.54, 1.807) is 7.11 Å². The molecule has 2 atom stereocenters. The van der Waals surface area contributed by atoms with Crippen LogP contribution in [0.3, 0.4) is 0 Å². The first-order valence-electron chi connectivity index (χ1n) is 5.56. The summed E-state index contributed by atoms with van der Waals surface area (Å²) in [6.45, 7) is 5.04. The van der Waals surface area contributed by atoms with Gasteiger partial charge in [-0.15, -0.1) is 0 Å². The molecule has 0 amide bonds. The summed E-state index contributed by atoms with van der Waals surface area (Å²) in [7, 11) is 1.73. The molecule has 3 heteroatoms. The fourth-order valence-corrected chi connectivity index (χ4v) is 2.28. The summed E-state index contributed by atoms with van der Waals surface area (Å²) in [5, 5.41) is 0. The van der Waals surface area contributed by atoms with Gasteiger partial charge in [-0.05, 0) is 42.5 Å². The van der Waals surface area contributed by atoms with Gasteiger partial charge in [0.05, 0.1) is 0 Å². The molecule has 16 heavy (non-hydrogen) atoms. The van der Waals surface area contributed by atoms with Crippen molar-refractivity contribution in [3.8, 4) is 0 Å². The van der Waals surface area contributed by atoms with Gasteiger partial charge in [0, 0.05) is 24.2 Å². The van der Waals surface area contributed by atoms with E-state index in [2.05, 4.69) is 41.9 Å². The molecule has 90 valence electrons. The molecule has 0 aromatic heterocycles. The fourth-order valence-electron chi connectivity index (χ4n) is 1.80. The molecular weight excluding hydrogens is 266 g/mol. The summed E-state index contributed by atoms with van der Waals surface area (Å²) in [6.07, 6.45) is 0.993. The third kappa shape index (κ3) is 3.58. The minimum Gasteiger partial charge on any atom is -0.385 e. The van der Waals surface area contributed by atoms with Crippen molar-refractivity contribution < 1.29 is 4.74 Å². The summed E-state index contributed by atoms with van der Waals surface area (Å²) < 4.78 is 6.19. The number of nitrogens with two attached hydrogens (primary N) is 1. The van der Waals surface area contributed by atoms with E-state index in [-0.39, 0.29) is 6.04 Å². The lowest BCUT2D eigenvalue weighted by Crippen LogP contribution is -2.21. The summed E-state index contributed by atoms with van der Waals surface area (Å²) in [5.41, 5.74) is 8.73. The quantitative estimate of drug-likeness (QED) is 0.900. The summed E-state index contributed by atoms with van der Waals surface area (Å²) >= 11 is 3.46. The Hall–Kier alpha value is -0.380. The lowest BCUT2D eigenvalue weighted by atomic mass is 9.90. The van der Waals surface area contributed by atoms with E-state index in [0.717, 1.165) is 17.5 Å². The highest BCUT2D eigenvalue weighted by Crippen LogP contribution is 2.26. The Morgan fingerprint density at radius 1 is 1.44 bits per heavy atom. The van der Waals surface area contributed by atoms with Gasteiger partial charge in [-0.3, -0.25) is 0 Å². The normalized spacial score (nSPS) is 14.8. The van der Waals surface area contributed by atoms with Crippen LogP contribution in [0.2, 0.25) is 0 Å². The second-order valence-electron chi connectivity index (χ2n) is 4.29. The lowest BCUT2D eigenvalue weighted by molar-refractivity contribution is 0.174. The van der Waals surface area contributed by atoms with E-state index in [1.165, 1.54) is 11.1 Å². The van der Waals surface area contributed by atoms with Crippen LogP contribution in [0.1, 0.15) is 30.5 Å². The summed E-state index contributed by atoms with van der Waals surface area (Å²) in [5.74, 6) is 0.430. The maximum Gasteiger partial charge on any atom is 0.0465 e. The second kappa shape index (κ2) is 6.38. The number of aryl methyl sites for hydroxylation is 1. The number of methoxy groups -OCH3 is 1. The highest BCUT2D eigenvalue weighted by atomic mass is 79.9. The largest absolute Gasteiger partial charge is 0.385 e. The molecule has 0 saturated carbocycles. The molecule has 0 aliphatic carbocycles. The van der Waals surface area contributed by atoms with Crippen molar-refractivity contribution in [3.05, 3.63) is 33.8 Å². The molecule has 0 bridgehead atoms. The van der Waals surface area contributed by atoms with Crippen LogP contribution in [0.25, 0.3) is 0 Å². The van der Waals surface area contributed by atoms with Crippen molar-refractivity contribution >= 4 is 15.9 Å². The van der Waals surface area contributed by atoms with Crippen LogP contribution in [0.5, 0.6) is 0 Å². The molecule has 0 heterocycles. The van der Waals surface area contributed by atoms with Crippen molar-refractivity contribution in [2.24, 2.45) is 11.7 Å². The molecule has 0 spiro atoms. The average molecular weight is 286 g/mol. The molecule has 1 aromatic rings. The average Bonchev–Trinajstić information content (AvgIpc) is 2.25. The monoisotopic (exact) mass is 285 g/mol. The highest BCUT2D eigenvalue weighted by Gasteiger charge is 2.16. The lowest BCUT2D eigenvalue weighted by Gasteiger charge is -2.21. The van der Waals surface area contributed by atoms with E-state index >= 15 is 0 Å². The molecular formula is C13H20BrNO. The zero-order valence-electron chi connectivity index (χ0n) is 10.2. The number of rotatable bonds is 5. The van der Waals surface area contributed by atoms with Crippen LogP contribution in [-0.2, 0) is 4.74 Å². The Labute approximate surface area is 106 Å². The van der Waals surface area contributed by atoms with Crippen molar-refractivity contribution in [2.75, 3.05) is 13.7 Å². The minimum atomic E-state index is 0.0863. The van der Waals surface area contributed by atoms with Gasteiger partial charge in [0.1, 0.15) is 0 Å². The van der Waals surface area contributed by atoms with Crippen LogP contribution >= 0.6 is 15.9 Å². The Morgan fingerprint density at radius 3 is 2.69 bits per heavy atom. The first-order chi connectivity index (χ1) is 7.56. The Balaban J connectivity index is 2.75. The van der Waals surface area contributed by atoms with Gasteiger partial charge in [-0.1, -0.05) is 28.9 Å². The number of benzene rings is 1. The van der Waals surface area contributed by atoms with E-state index in [0.29, 0.717) is 5.92 Å². The summed E-state index contributed by atoms with van der Waals surface area (Å²) in [4.78, 5) is 0. The molecule has 2 N–H and O–H groups in total. The smallest absolute Gasteiger partial charge is 0.0465 e. The number of halogens is 1. The van der Waals surface area contributed by atoms with Gasteiger partial charge in [0.2, 0.25) is 0 Å². The van der Waals surface area contributed by atoms with E-state index in [9.17, 15) is 0 Å². The topological polar surface area (TPSA) is 35.2 Å². The van der Waals surface area contributed by atoms with Crippen LogP contribution in [0.15, 0.2) is 22.7 Å². The molecule has 0 aliphatic heterocycles. The Bertz CT molecular complexity index is 341. The number of ether oxygens (including phenoxy) is 1. The predicted octanol–water partition coefficient (Wildman–Crippen LogP) is 3.43. The molecule has 0 aliphatic rings. The molecule has 0 radical (unpaired) electrons. The molecule has 1 rings (SSSR count). The van der Waals surface area contributed by atoms with Crippen LogP contribution in [0, 0.1) is 12.8 Å². The van der Waals surface area contributed by atoms with Gasteiger partial charge >= 0.3 is 0 Å². The zero-order chi connectivity index (χ0) is 12.1. The van der Waals surface area contributed by atoms with Crippen LogP contribution < -0.4 is 5.73 Å². The standard InChI is InChI=1S/C13H20BrNO/c1-9(6-7-16-3)13(15)12-5-4-11(14)8-10(12)2/h4-5,8-9,13H,6-7,15H2,1-3H3. The van der Waals surface area contributed by atoms with Crippen molar-refractivity contribution in [1.29, 1.82) is 0 Å². The molecule has 0 saturated heterocycles. The van der Waals surface area contributed by atoms with Crippen molar-refractivity contribution in [2.45, 2.75) is 26.3 Å². The summed E-state index contributed by atoms with van der Waals surface area (Å²) in [6, 6.07) is 6.35. The van der Waals surface area contributed by atoms with Gasteiger partial charge in [0.15, 0.2) is 0 Å². The zero-order valence-corrected chi connectivity index (χ0v) is 11.8. The third-order valence-electron chi connectivity index (χ3n) is 2.98. The Kier molecular flexibility index (Phi) is 5.46. The molecule has 2 nitrogen and oxygen atoms in total. The molecule has 0 fully saturated rings. The van der Waals surface area contributed by atoms with E-state index in [1.807, 2.05) is 6.07 Å². The fraction of sp³-hybridized carbons (Fsp3) is 0.538. The third-order valence-corrected chi connectivity index (χ3v) is 3.47. The first kappa shape index (κ1) is 13.7. The van der Waals surface area contributed by atoms with Gasteiger partial charge in [0.25, 0.3) is 0 Å². The molecule has 2 unspecified atom stereocenters. The van der Waals surface area contributed by atoms with Crippen LogP contribution in [-0.4, -0.2) is 13.7 Å². The van der Waals surface area contributed by atoms with E-state index in [4.69, 9.17) is 10.5 Å². The Morgan fingerprint density at radius 2 is 2.12 bits per heavy atom. The van der Waals surface area contributed by atoms with Gasteiger partial charge < -0.3 is 10.5 Å². The second-order valence-corrected chi connectivity index (χ2v) is 5.20. The van der Waals surface area contributed by atoms with Crippen molar-refractivity contribution in [3.63, 3.8) is 0 Å². The van der Waals surface area contributed by atoms with E-state index < -0.39 is 0 Å². The highest BCUT2D eigenvalue weighted by molar-refractivity contribution is 9.10. The number of hydrogen-bond donors (Lipinski definition) is 1. The van der Waals surface area contributed by atoms with Crippen molar-refractivity contribution in [1.82, 2.24) is 0 Å². The minimum absolute atomic E-state index is 0.0863. The maximum absolute atomic E-state index is 6.26. The number of hydrogen-bond acceptors (Lipinski definition) is 2. The van der Waals surface area contributed by atoms with Gasteiger partial charge in [-0.2, -0.15) is 0 Å². The maximum atomic E-state index is 6.26. The first-order valence-corrected chi connectivity index (χ1v) is 6.36. The van der Waals surface area contributed by atoms with Gasteiger partial charge in [-0.25, -0.2) is 0 Å². The predicted molar refractivity (Wildman–Crippen MR) is 71.5 cm³/mol.